The number of H-pyrrole nitrogens is 2. The van der Waals surface area contributed by atoms with Crippen LogP contribution >= 0.6 is 0 Å². The average molecular weight is 360 g/mol. The van der Waals surface area contributed by atoms with Gasteiger partial charge >= 0.3 is 6.03 Å². The molecule has 0 unspecified atom stereocenters. The first kappa shape index (κ1) is 15.9. The molecule has 0 bridgehead atoms. The first-order valence-electron chi connectivity index (χ1n) is 9.13. The lowest BCUT2D eigenvalue weighted by atomic mass is 9.95. The Morgan fingerprint density at radius 1 is 1.19 bits per heavy atom. The van der Waals surface area contributed by atoms with Crippen LogP contribution in [-0.2, 0) is 0 Å². The third-order valence-corrected chi connectivity index (χ3v) is 5.19. The molecule has 0 spiro atoms. The second-order valence-corrected chi connectivity index (χ2v) is 7.17. The van der Waals surface area contributed by atoms with Crippen molar-refractivity contribution < 1.29 is 4.79 Å². The molecule has 3 aromatic heterocycles. The van der Waals surface area contributed by atoms with Gasteiger partial charge < -0.3 is 10.3 Å². The van der Waals surface area contributed by atoms with Gasteiger partial charge in [-0.15, -0.1) is 0 Å². The van der Waals surface area contributed by atoms with Crippen LogP contribution < -0.4 is 10.2 Å². The molecule has 5 rings (SSSR count). The molecule has 136 valence electrons. The molecule has 1 saturated heterocycles. The van der Waals surface area contributed by atoms with E-state index in [-0.39, 0.29) is 6.03 Å². The highest BCUT2D eigenvalue weighted by Crippen LogP contribution is 2.39. The SMILES string of the molecule is CC(C)c1c(-c2ccnc3[nH]ncc23)[nH]c2ccc(N3CCNC3=O)cc12. The highest BCUT2D eigenvalue weighted by molar-refractivity contribution is 6.01. The first-order valence-corrected chi connectivity index (χ1v) is 9.13. The Bertz CT molecular complexity index is 1170. The molecule has 3 N–H and O–H groups in total. The number of nitrogens with zero attached hydrogens (tertiary/aromatic N) is 3. The van der Waals surface area contributed by atoms with Crippen LogP contribution in [0.5, 0.6) is 0 Å². The molecule has 0 radical (unpaired) electrons. The van der Waals surface area contributed by atoms with Gasteiger partial charge in [0.15, 0.2) is 5.65 Å². The van der Waals surface area contributed by atoms with Gasteiger partial charge in [-0.25, -0.2) is 9.78 Å². The van der Waals surface area contributed by atoms with Gasteiger partial charge in [0.25, 0.3) is 0 Å². The number of aromatic amines is 2. The quantitative estimate of drug-likeness (QED) is 0.520. The Kier molecular flexibility index (Phi) is 3.43. The zero-order chi connectivity index (χ0) is 18.5. The highest BCUT2D eigenvalue weighted by Gasteiger charge is 2.23. The number of carbonyl (C=O) groups excluding carboxylic acids is 1. The van der Waals surface area contributed by atoms with E-state index in [0.717, 1.165) is 38.9 Å². The number of hydrogen-bond donors (Lipinski definition) is 3. The minimum atomic E-state index is -0.0366. The number of anilines is 1. The Balaban J connectivity index is 1.75. The van der Waals surface area contributed by atoms with Gasteiger partial charge in [-0.1, -0.05) is 13.8 Å². The first-order chi connectivity index (χ1) is 13.1. The van der Waals surface area contributed by atoms with E-state index >= 15 is 0 Å². The topological polar surface area (TPSA) is 89.7 Å². The summed E-state index contributed by atoms with van der Waals surface area (Å²) in [5.74, 6) is 0.312. The fourth-order valence-corrected chi connectivity index (χ4v) is 3.97. The van der Waals surface area contributed by atoms with Crippen LogP contribution in [0, 0.1) is 0 Å². The molecule has 4 heterocycles. The van der Waals surface area contributed by atoms with Crippen molar-refractivity contribution in [3.63, 3.8) is 0 Å². The molecular formula is C20H20N6O. The third-order valence-electron chi connectivity index (χ3n) is 5.19. The minimum Gasteiger partial charge on any atom is -0.354 e. The number of nitrogens with one attached hydrogen (secondary N) is 3. The number of benzene rings is 1. The zero-order valence-electron chi connectivity index (χ0n) is 15.2. The number of aromatic nitrogens is 4. The molecule has 0 saturated carbocycles. The average Bonchev–Trinajstić information content (AvgIpc) is 3.37. The zero-order valence-corrected chi connectivity index (χ0v) is 15.2. The lowest BCUT2D eigenvalue weighted by Crippen LogP contribution is -2.27. The largest absolute Gasteiger partial charge is 0.354 e. The summed E-state index contributed by atoms with van der Waals surface area (Å²) in [6, 6.07) is 8.15. The summed E-state index contributed by atoms with van der Waals surface area (Å²) in [6.07, 6.45) is 3.61. The highest BCUT2D eigenvalue weighted by atomic mass is 16.2. The van der Waals surface area contributed by atoms with E-state index < -0.39 is 0 Å². The number of amides is 2. The van der Waals surface area contributed by atoms with Gasteiger partial charge in [0.1, 0.15) is 0 Å². The fourth-order valence-electron chi connectivity index (χ4n) is 3.97. The number of rotatable bonds is 3. The maximum atomic E-state index is 12.1. The molecule has 1 aliphatic heterocycles. The van der Waals surface area contributed by atoms with Crippen LogP contribution in [-0.4, -0.2) is 39.3 Å². The molecule has 1 fully saturated rings. The molecular weight excluding hydrogens is 340 g/mol. The smallest absolute Gasteiger partial charge is 0.321 e. The van der Waals surface area contributed by atoms with Crippen molar-refractivity contribution in [3.8, 4) is 11.3 Å². The predicted octanol–water partition coefficient (Wildman–Crippen LogP) is 3.76. The van der Waals surface area contributed by atoms with E-state index in [1.165, 1.54) is 5.56 Å². The Morgan fingerprint density at radius 2 is 2.07 bits per heavy atom. The van der Waals surface area contributed by atoms with E-state index in [1.807, 2.05) is 18.3 Å². The Morgan fingerprint density at radius 3 is 2.85 bits per heavy atom. The summed E-state index contributed by atoms with van der Waals surface area (Å²) < 4.78 is 0. The summed E-state index contributed by atoms with van der Waals surface area (Å²) in [7, 11) is 0. The lowest BCUT2D eigenvalue weighted by molar-refractivity contribution is 0.252. The monoisotopic (exact) mass is 360 g/mol. The molecule has 0 atom stereocenters. The molecule has 1 aliphatic rings. The number of fused-ring (bicyclic) bond motifs is 2. The van der Waals surface area contributed by atoms with Crippen molar-refractivity contribution in [2.75, 3.05) is 18.0 Å². The number of pyridine rings is 1. The van der Waals surface area contributed by atoms with Crippen LogP contribution in [0.15, 0.2) is 36.7 Å². The summed E-state index contributed by atoms with van der Waals surface area (Å²) in [4.78, 5) is 21.8. The van der Waals surface area contributed by atoms with Crippen LogP contribution in [0.4, 0.5) is 10.5 Å². The van der Waals surface area contributed by atoms with Gasteiger partial charge in [-0.05, 0) is 35.7 Å². The summed E-state index contributed by atoms with van der Waals surface area (Å²) in [5, 5.41) is 12.1. The van der Waals surface area contributed by atoms with Crippen LogP contribution in [0.3, 0.4) is 0 Å². The van der Waals surface area contributed by atoms with Crippen molar-refractivity contribution in [1.82, 2.24) is 25.5 Å². The van der Waals surface area contributed by atoms with Crippen molar-refractivity contribution >= 4 is 33.7 Å². The van der Waals surface area contributed by atoms with E-state index in [2.05, 4.69) is 51.5 Å². The van der Waals surface area contributed by atoms with Crippen molar-refractivity contribution in [1.29, 1.82) is 0 Å². The fraction of sp³-hybridized carbons (Fsp3) is 0.250. The summed E-state index contributed by atoms with van der Waals surface area (Å²) >= 11 is 0. The van der Waals surface area contributed by atoms with E-state index in [1.54, 1.807) is 11.1 Å². The minimum absolute atomic E-state index is 0.0366. The van der Waals surface area contributed by atoms with Gasteiger partial charge in [0.2, 0.25) is 0 Å². The maximum absolute atomic E-state index is 12.1. The van der Waals surface area contributed by atoms with Crippen LogP contribution in [0.2, 0.25) is 0 Å². The van der Waals surface area contributed by atoms with Crippen LogP contribution in [0.25, 0.3) is 33.2 Å². The van der Waals surface area contributed by atoms with Gasteiger partial charge in [-0.2, -0.15) is 5.10 Å². The number of hydrogen-bond acceptors (Lipinski definition) is 3. The molecule has 4 aromatic rings. The Labute approximate surface area is 155 Å². The molecule has 1 aromatic carbocycles. The van der Waals surface area contributed by atoms with E-state index in [4.69, 9.17) is 0 Å². The van der Waals surface area contributed by atoms with Crippen molar-refractivity contribution in [2.24, 2.45) is 0 Å². The molecule has 7 heteroatoms. The second kappa shape index (κ2) is 5.84. The number of urea groups is 1. The van der Waals surface area contributed by atoms with Crippen molar-refractivity contribution in [2.45, 2.75) is 19.8 Å². The van der Waals surface area contributed by atoms with E-state index in [9.17, 15) is 4.79 Å². The predicted molar refractivity (Wildman–Crippen MR) is 106 cm³/mol. The standard InChI is InChI=1S/C20H20N6O/c1-11(2)17-14-9-12(26-8-7-22-20(26)27)3-4-16(14)24-18(17)13-5-6-21-19-15(13)10-23-25-19/h3-6,9-11,24H,7-8H2,1-2H3,(H,22,27)(H,21,23,25). The van der Waals surface area contributed by atoms with E-state index in [0.29, 0.717) is 19.0 Å². The third kappa shape index (κ3) is 2.38. The normalized spacial score (nSPS) is 14.6. The molecule has 7 nitrogen and oxygen atoms in total. The van der Waals surface area contributed by atoms with Gasteiger partial charge in [-0.3, -0.25) is 10.00 Å². The summed E-state index contributed by atoms with van der Waals surface area (Å²) in [6.45, 7) is 5.75. The molecule has 27 heavy (non-hydrogen) atoms. The number of carbonyl (C=O) groups is 1. The second-order valence-electron chi connectivity index (χ2n) is 7.17. The molecule has 2 amide bonds. The van der Waals surface area contributed by atoms with Gasteiger partial charge in [0, 0.05) is 46.8 Å². The summed E-state index contributed by atoms with van der Waals surface area (Å²) in [5.41, 5.74) is 6.15. The Hall–Kier alpha value is -3.35. The molecule has 0 aliphatic carbocycles. The van der Waals surface area contributed by atoms with Crippen molar-refractivity contribution in [3.05, 3.63) is 42.2 Å². The maximum Gasteiger partial charge on any atom is 0.321 e. The lowest BCUT2D eigenvalue weighted by Gasteiger charge is -2.15. The van der Waals surface area contributed by atoms with Gasteiger partial charge in [0.05, 0.1) is 11.9 Å². The van der Waals surface area contributed by atoms with Crippen LogP contribution in [0.1, 0.15) is 25.3 Å².